The third-order valence-electron chi connectivity index (χ3n) is 7.17. The number of rotatable bonds is 22. The topological polar surface area (TPSA) is 79.5 Å². The highest BCUT2D eigenvalue weighted by Gasteiger charge is 2.24. The summed E-state index contributed by atoms with van der Waals surface area (Å²) in [6.07, 6.45) is 30.0. The van der Waals surface area contributed by atoms with E-state index in [2.05, 4.69) is 42.1 Å². The number of pyridine rings is 1. The van der Waals surface area contributed by atoms with Gasteiger partial charge in [-0.05, 0) is 31.6 Å². The fourth-order valence-corrected chi connectivity index (χ4v) is 5.02. The van der Waals surface area contributed by atoms with E-state index in [1.807, 2.05) is 0 Å². The van der Waals surface area contributed by atoms with Gasteiger partial charge in [0.05, 0.1) is 22.8 Å². The Morgan fingerprint density at radius 1 is 0.816 bits per heavy atom. The molecule has 7 heteroatoms. The molecular weight excluding hydrogens is 498 g/mol. The summed E-state index contributed by atoms with van der Waals surface area (Å²) in [5, 5.41) is 0. The average molecular weight is 556 g/mol. The van der Waals surface area contributed by atoms with Gasteiger partial charge in [-0.1, -0.05) is 96.5 Å². The van der Waals surface area contributed by atoms with Gasteiger partial charge in [0.1, 0.15) is 6.54 Å². The second kappa shape index (κ2) is 23.8. The third-order valence-corrected chi connectivity index (χ3v) is 7.17. The summed E-state index contributed by atoms with van der Waals surface area (Å²) in [4.78, 5) is 0. The first-order chi connectivity index (χ1) is 18.4. The number of nitrogens with zero attached hydrogens (tertiary/aromatic N) is 1. The van der Waals surface area contributed by atoms with Gasteiger partial charge in [0.2, 0.25) is 0 Å². The van der Waals surface area contributed by atoms with E-state index in [0.29, 0.717) is 12.4 Å². The lowest BCUT2D eigenvalue weighted by Gasteiger charge is -2.10. The quantitative estimate of drug-likeness (QED) is 0.0858. The van der Waals surface area contributed by atoms with E-state index in [1.165, 1.54) is 116 Å². The lowest BCUT2D eigenvalue weighted by molar-refractivity contribution is -0.697. The minimum absolute atomic E-state index is 0.349. The molecule has 2 heterocycles. The Bertz CT molecular complexity index is 736. The molecule has 0 unspecified atom stereocenters. The molecular formula is C31H57NO5S. The summed E-state index contributed by atoms with van der Waals surface area (Å²) in [5.74, 6) is 0.775. The second-order valence-electron chi connectivity index (χ2n) is 11.0. The zero-order valence-corrected chi connectivity index (χ0v) is 25.3. The lowest BCUT2D eigenvalue weighted by Crippen LogP contribution is -2.32. The monoisotopic (exact) mass is 555 g/mol. The van der Waals surface area contributed by atoms with Crippen molar-refractivity contribution in [1.82, 2.24) is 0 Å². The molecule has 0 amide bonds. The van der Waals surface area contributed by atoms with Crippen LogP contribution in [0.3, 0.4) is 0 Å². The molecule has 222 valence electrons. The molecule has 1 saturated heterocycles. The van der Waals surface area contributed by atoms with Crippen LogP contribution in [0.5, 0.6) is 0 Å². The fraction of sp³-hybridized carbons (Fsp3) is 0.839. The Hall–Kier alpha value is -1.02. The van der Waals surface area contributed by atoms with Crippen molar-refractivity contribution in [2.45, 2.75) is 135 Å². The standard InChI is InChI=1S/C30H54NO2.CH4O3S/c1-2-3-4-5-6-7-8-9-10-11-12-16-21-29-26-30(33-27-29)28-32-25-20-14-13-17-22-31-23-18-15-19-24-31;1-5(2,3)4/h15,18-19,23-24,29-30H,2-14,16-17,20-22,25-28H2,1H3;1H3,(H,2,3,4)/q+1;/p-1/t29-,30+;/m1./s1. The van der Waals surface area contributed by atoms with E-state index in [-0.39, 0.29) is 0 Å². The van der Waals surface area contributed by atoms with Crippen molar-refractivity contribution < 1.29 is 27.0 Å². The van der Waals surface area contributed by atoms with Gasteiger partial charge >= 0.3 is 0 Å². The van der Waals surface area contributed by atoms with Crippen LogP contribution in [0, 0.1) is 5.92 Å². The number of ether oxygens (including phenoxy) is 2. The van der Waals surface area contributed by atoms with Gasteiger partial charge in [-0.2, -0.15) is 0 Å². The maximum atomic E-state index is 9.08. The molecule has 1 aromatic rings. The molecule has 2 rings (SSSR count). The summed E-state index contributed by atoms with van der Waals surface area (Å²) < 4.78 is 41.4. The van der Waals surface area contributed by atoms with Gasteiger partial charge in [-0.25, -0.2) is 13.0 Å². The molecule has 1 fully saturated rings. The van der Waals surface area contributed by atoms with E-state index in [0.717, 1.165) is 32.3 Å². The summed E-state index contributed by atoms with van der Waals surface area (Å²) in [5.41, 5.74) is 0. The summed E-state index contributed by atoms with van der Waals surface area (Å²) in [6, 6.07) is 6.27. The van der Waals surface area contributed by atoms with Crippen LogP contribution in [0.1, 0.15) is 122 Å². The largest absolute Gasteiger partial charge is 0.748 e. The van der Waals surface area contributed by atoms with Crippen LogP contribution in [-0.4, -0.2) is 45.2 Å². The maximum Gasteiger partial charge on any atom is 0.168 e. The average Bonchev–Trinajstić information content (AvgIpc) is 3.33. The van der Waals surface area contributed by atoms with Crippen LogP contribution in [0.2, 0.25) is 0 Å². The van der Waals surface area contributed by atoms with Crippen molar-refractivity contribution in [1.29, 1.82) is 0 Å². The van der Waals surface area contributed by atoms with Crippen LogP contribution in [0.25, 0.3) is 0 Å². The Balaban J connectivity index is 0.00000132. The van der Waals surface area contributed by atoms with E-state index in [9.17, 15) is 0 Å². The van der Waals surface area contributed by atoms with Crippen LogP contribution >= 0.6 is 0 Å². The highest BCUT2D eigenvalue weighted by molar-refractivity contribution is 7.84. The van der Waals surface area contributed by atoms with Gasteiger partial charge in [0, 0.05) is 38.0 Å². The van der Waals surface area contributed by atoms with Crippen LogP contribution in [-0.2, 0) is 26.1 Å². The molecule has 1 aromatic heterocycles. The highest BCUT2D eigenvalue weighted by atomic mass is 32.2. The molecule has 1 aliphatic heterocycles. The van der Waals surface area contributed by atoms with Crippen LogP contribution in [0.4, 0.5) is 0 Å². The van der Waals surface area contributed by atoms with Gasteiger partial charge in [0.25, 0.3) is 0 Å². The van der Waals surface area contributed by atoms with Crippen molar-refractivity contribution in [2.75, 3.05) is 26.1 Å². The zero-order valence-electron chi connectivity index (χ0n) is 24.5. The maximum absolute atomic E-state index is 9.08. The van der Waals surface area contributed by atoms with Gasteiger partial charge < -0.3 is 14.0 Å². The van der Waals surface area contributed by atoms with Gasteiger partial charge in [0.15, 0.2) is 12.4 Å². The summed E-state index contributed by atoms with van der Waals surface area (Å²) >= 11 is 0. The molecule has 0 N–H and O–H groups in total. The van der Waals surface area contributed by atoms with Crippen molar-refractivity contribution in [3.8, 4) is 0 Å². The molecule has 2 atom stereocenters. The molecule has 1 aliphatic rings. The predicted molar refractivity (Wildman–Crippen MR) is 155 cm³/mol. The van der Waals surface area contributed by atoms with Crippen molar-refractivity contribution in [3.63, 3.8) is 0 Å². The first-order valence-corrected chi connectivity index (χ1v) is 17.2. The Kier molecular flexibility index (Phi) is 22.0. The molecule has 0 aromatic carbocycles. The lowest BCUT2D eigenvalue weighted by atomic mass is 9.97. The number of hydrogen-bond acceptors (Lipinski definition) is 5. The highest BCUT2D eigenvalue weighted by Crippen LogP contribution is 2.25. The summed E-state index contributed by atoms with van der Waals surface area (Å²) in [6.45, 7) is 6.07. The van der Waals surface area contributed by atoms with E-state index in [1.54, 1.807) is 0 Å². The number of aryl methyl sites for hydroxylation is 1. The fourth-order valence-electron chi connectivity index (χ4n) is 5.02. The normalized spacial score (nSPS) is 17.3. The smallest absolute Gasteiger partial charge is 0.168 e. The SMILES string of the molecule is CCCCCCCCCCCCCC[C@H]1CO[C@H](COCCCCCC[n+]2ccccc2)C1.CS(=O)(=O)[O-]. The predicted octanol–water partition coefficient (Wildman–Crippen LogP) is 7.21. The van der Waals surface area contributed by atoms with Crippen molar-refractivity contribution in [3.05, 3.63) is 30.6 Å². The second-order valence-corrected chi connectivity index (χ2v) is 12.4. The molecule has 0 bridgehead atoms. The molecule has 0 radical (unpaired) electrons. The van der Waals surface area contributed by atoms with Crippen LogP contribution in [0.15, 0.2) is 30.6 Å². The zero-order chi connectivity index (χ0) is 27.7. The first kappa shape index (κ1) is 35.0. The van der Waals surface area contributed by atoms with Crippen LogP contribution < -0.4 is 4.57 Å². The molecule has 0 aliphatic carbocycles. The molecule has 38 heavy (non-hydrogen) atoms. The van der Waals surface area contributed by atoms with Crippen molar-refractivity contribution in [2.24, 2.45) is 5.92 Å². The van der Waals surface area contributed by atoms with Gasteiger partial charge in [-0.3, -0.25) is 0 Å². The number of unbranched alkanes of at least 4 members (excludes halogenated alkanes) is 14. The first-order valence-electron chi connectivity index (χ1n) is 15.4. The van der Waals surface area contributed by atoms with Gasteiger partial charge in [-0.15, -0.1) is 0 Å². The van der Waals surface area contributed by atoms with E-state index >= 15 is 0 Å². The minimum Gasteiger partial charge on any atom is -0.748 e. The Labute approximate surface area is 234 Å². The number of aromatic nitrogens is 1. The van der Waals surface area contributed by atoms with E-state index < -0.39 is 10.1 Å². The minimum atomic E-state index is -3.92. The van der Waals surface area contributed by atoms with E-state index in [4.69, 9.17) is 22.4 Å². The Morgan fingerprint density at radius 3 is 1.95 bits per heavy atom. The molecule has 6 nitrogen and oxygen atoms in total. The Morgan fingerprint density at radius 2 is 1.34 bits per heavy atom. The third kappa shape index (κ3) is 24.1. The van der Waals surface area contributed by atoms with Crippen molar-refractivity contribution >= 4 is 10.1 Å². The molecule has 0 saturated carbocycles. The number of hydrogen-bond donors (Lipinski definition) is 0. The molecule has 0 spiro atoms. The summed E-state index contributed by atoms with van der Waals surface area (Å²) in [7, 11) is -3.92.